The summed E-state index contributed by atoms with van der Waals surface area (Å²) in [7, 11) is 2.21. The predicted octanol–water partition coefficient (Wildman–Crippen LogP) is 2.00. The van der Waals surface area contributed by atoms with Crippen molar-refractivity contribution in [1.82, 2.24) is 9.80 Å². The summed E-state index contributed by atoms with van der Waals surface area (Å²) in [5, 5.41) is 0. The molecule has 0 aliphatic carbocycles. The third kappa shape index (κ3) is 3.19. The monoisotopic (exact) mass is 265 g/mol. The third-order valence-corrected chi connectivity index (χ3v) is 4.22. The molecule has 1 aliphatic heterocycles. The summed E-state index contributed by atoms with van der Waals surface area (Å²) in [4.78, 5) is 4.93. The van der Waals surface area contributed by atoms with Gasteiger partial charge in [-0.3, -0.25) is 4.90 Å². The van der Waals surface area contributed by atoms with Crippen LogP contribution in [0.1, 0.15) is 37.8 Å². The first-order valence-corrected chi connectivity index (χ1v) is 7.29. The molecule has 0 saturated carbocycles. The minimum Gasteiger partial charge on any atom is -0.465 e. The highest BCUT2D eigenvalue weighted by Crippen LogP contribution is 2.28. The molecule has 3 unspecified atom stereocenters. The van der Waals surface area contributed by atoms with Crippen molar-refractivity contribution in [3.05, 3.63) is 23.7 Å². The molecule has 0 amide bonds. The predicted molar refractivity (Wildman–Crippen MR) is 78.1 cm³/mol. The number of nitrogens with two attached hydrogens (primary N) is 1. The number of aryl methyl sites for hydroxylation is 1. The summed E-state index contributed by atoms with van der Waals surface area (Å²) in [6.45, 7) is 9.53. The molecule has 0 aromatic carbocycles. The van der Waals surface area contributed by atoms with Gasteiger partial charge in [0.05, 0.1) is 6.04 Å². The minimum atomic E-state index is 0.0754. The maximum atomic E-state index is 6.22. The van der Waals surface area contributed by atoms with E-state index in [4.69, 9.17) is 10.2 Å². The molecule has 0 bridgehead atoms. The quantitative estimate of drug-likeness (QED) is 0.904. The van der Waals surface area contributed by atoms with Gasteiger partial charge in [0.1, 0.15) is 11.5 Å². The van der Waals surface area contributed by atoms with Crippen LogP contribution in [-0.4, -0.2) is 48.6 Å². The highest BCUT2D eigenvalue weighted by atomic mass is 16.3. The minimum absolute atomic E-state index is 0.0754. The molecule has 2 rings (SSSR count). The highest BCUT2D eigenvalue weighted by Gasteiger charge is 2.32. The van der Waals surface area contributed by atoms with Gasteiger partial charge >= 0.3 is 0 Å². The molecule has 108 valence electrons. The van der Waals surface area contributed by atoms with E-state index in [0.717, 1.165) is 31.2 Å². The van der Waals surface area contributed by atoms with E-state index in [-0.39, 0.29) is 12.1 Å². The summed E-state index contributed by atoms with van der Waals surface area (Å²) < 4.78 is 5.82. The van der Waals surface area contributed by atoms with Gasteiger partial charge in [-0.2, -0.15) is 0 Å². The Hall–Kier alpha value is -0.840. The van der Waals surface area contributed by atoms with Crippen molar-refractivity contribution in [2.75, 3.05) is 26.7 Å². The summed E-state index contributed by atoms with van der Waals surface area (Å²) in [6.07, 6.45) is 1.18. The third-order valence-electron chi connectivity index (χ3n) is 4.22. The summed E-state index contributed by atoms with van der Waals surface area (Å²) in [6, 6.07) is 4.98. The Kier molecular flexibility index (Phi) is 4.66. The maximum Gasteiger partial charge on any atom is 0.122 e. The van der Waals surface area contributed by atoms with Crippen molar-refractivity contribution in [2.45, 2.75) is 45.3 Å². The molecule has 2 N–H and O–H groups in total. The first kappa shape index (κ1) is 14.6. The maximum absolute atomic E-state index is 6.22. The Balaban J connectivity index is 2.16. The first-order valence-electron chi connectivity index (χ1n) is 7.29. The van der Waals surface area contributed by atoms with E-state index in [1.165, 1.54) is 6.42 Å². The molecule has 1 aliphatic rings. The van der Waals surface area contributed by atoms with E-state index in [1.54, 1.807) is 0 Å². The van der Waals surface area contributed by atoms with Crippen LogP contribution in [0.2, 0.25) is 0 Å². The smallest absolute Gasteiger partial charge is 0.122 e. The lowest BCUT2D eigenvalue weighted by Gasteiger charge is -2.43. The van der Waals surface area contributed by atoms with Crippen molar-refractivity contribution in [3.8, 4) is 0 Å². The lowest BCUT2D eigenvalue weighted by Crippen LogP contribution is -2.54. The molecule has 4 nitrogen and oxygen atoms in total. The normalized spacial score (nSPS) is 25.4. The Morgan fingerprint density at radius 3 is 2.68 bits per heavy atom. The summed E-state index contributed by atoms with van der Waals surface area (Å²) >= 11 is 0. The van der Waals surface area contributed by atoms with Gasteiger partial charge in [-0.25, -0.2) is 0 Å². The number of nitrogens with zero attached hydrogens (tertiary/aromatic N) is 2. The fraction of sp³-hybridized carbons (Fsp3) is 0.733. The SMILES string of the molecule is CCC1CN(C(c2ccc(C)o2)C(C)N)CCN1C. The largest absolute Gasteiger partial charge is 0.465 e. The summed E-state index contributed by atoms with van der Waals surface area (Å²) in [5.41, 5.74) is 6.22. The van der Waals surface area contributed by atoms with Crippen molar-refractivity contribution < 1.29 is 4.42 Å². The Morgan fingerprint density at radius 1 is 1.42 bits per heavy atom. The second-order valence-corrected chi connectivity index (χ2v) is 5.79. The zero-order chi connectivity index (χ0) is 14.0. The summed E-state index contributed by atoms with van der Waals surface area (Å²) in [5.74, 6) is 1.97. The second kappa shape index (κ2) is 6.07. The van der Waals surface area contributed by atoms with Crippen LogP contribution in [0.25, 0.3) is 0 Å². The van der Waals surface area contributed by atoms with Crippen LogP contribution in [0.5, 0.6) is 0 Å². The van der Waals surface area contributed by atoms with Gasteiger partial charge in [-0.1, -0.05) is 6.92 Å². The van der Waals surface area contributed by atoms with Crippen LogP contribution in [0.15, 0.2) is 16.5 Å². The van der Waals surface area contributed by atoms with E-state index in [2.05, 4.69) is 36.8 Å². The van der Waals surface area contributed by atoms with Crippen LogP contribution in [0.3, 0.4) is 0 Å². The average molecular weight is 265 g/mol. The van der Waals surface area contributed by atoms with Crippen LogP contribution < -0.4 is 5.73 Å². The van der Waals surface area contributed by atoms with Crippen LogP contribution in [0.4, 0.5) is 0 Å². The molecule has 19 heavy (non-hydrogen) atoms. The zero-order valence-corrected chi connectivity index (χ0v) is 12.6. The molecular weight excluding hydrogens is 238 g/mol. The lowest BCUT2D eigenvalue weighted by atomic mass is 10.0. The number of hydrogen-bond acceptors (Lipinski definition) is 4. The van der Waals surface area contributed by atoms with Crippen LogP contribution in [0, 0.1) is 6.92 Å². The lowest BCUT2D eigenvalue weighted by molar-refractivity contribution is 0.0470. The molecule has 1 fully saturated rings. The van der Waals surface area contributed by atoms with Gasteiger partial charge in [0.15, 0.2) is 0 Å². The molecule has 3 atom stereocenters. The van der Waals surface area contributed by atoms with E-state index in [0.29, 0.717) is 6.04 Å². The average Bonchev–Trinajstić information content (AvgIpc) is 2.77. The number of furan rings is 1. The van der Waals surface area contributed by atoms with E-state index >= 15 is 0 Å². The fourth-order valence-corrected chi connectivity index (χ4v) is 3.05. The number of hydrogen-bond donors (Lipinski definition) is 1. The van der Waals surface area contributed by atoms with E-state index in [9.17, 15) is 0 Å². The standard InChI is InChI=1S/C15H27N3O/c1-5-13-10-18(9-8-17(13)4)15(12(3)16)14-7-6-11(2)19-14/h6-7,12-13,15H,5,8-10,16H2,1-4H3. The van der Waals surface area contributed by atoms with Crippen LogP contribution in [-0.2, 0) is 0 Å². The van der Waals surface area contributed by atoms with Gasteiger partial charge in [0, 0.05) is 31.7 Å². The Labute approximate surface area is 116 Å². The number of rotatable bonds is 4. The first-order chi connectivity index (χ1) is 9.02. The number of likely N-dealkylation sites (N-methyl/N-ethyl adjacent to an activating group) is 1. The van der Waals surface area contributed by atoms with Gasteiger partial charge in [0.2, 0.25) is 0 Å². The van der Waals surface area contributed by atoms with E-state index in [1.807, 2.05) is 13.0 Å². The topological polar surface area (TPSA) is 45.6 Å². The Morgan fingerprint density at radius 2 is 2.16 bits per heavy atom. The van der Waals surface area contributed by atoms with Gasteiger partial charge in [0.25, 0.3) is 0 Å². The molecule has 0 radical (unpaired) electrons. The molecule has 2 heterocycles. The molecule has 1 aromatic heterocycles. The van der Waals surface area contributed by atoms with Crippen molar-refractivity contribution in [3.63, 3.8) is 0 Å². The second-order valence-electron chi connectivity index (χ2n) is 5.79. The molecule has 4 heteroatoms. The molecule has 1 aromatic rings. The number of piperazine rings is 1. The van der Waals surface area contributed by atoms with Crippen molar-refractivity contribution in [2.24, 2.45) is 5.73 Å². The Bertz CT molecular complexity index is 402. The van der Waals surface area contributed by atoms with Gasteiger partial charge in [-0.05, 0) is 39.4 Å². The van der Waals surface area contributed by atoms with Gasteiger partial charge in [-0.15, -0.1) is 0 Å². The molecular formula is C15H27N3O. The highest BCUT2D eigenvalue weighted by molar-refractivity contribution is 5.12. The fourth-order valence-electron chi connectivity index (χ4n) is 3.05. The van der Waals surface area contributed by atoms with E-state index < -0.39 is 0 Å². The van der Waals surface area contributed by atoms with Crippen molar-refractivity contribution >= 4 is 0 Å². The molecule has 1 saturated heterocycles. The zero-order valence-electron chi connectivity index (χ0n) is 12.6. The van der Waals surface area contributed by atoms with Crippen molar-refractivity contribution in [1.29, 1.82) is 0 Å². The molecule has 0 spiro atoms. The van der Waals surface area contributed by atoms with Gasteiger partial charge < -0.3 is 15.1 Å². The van der Waals surface area contributed by atoms with Crippen LogP contribution >= 0.6 is 0 Å².